The van der Waals surface area contributed by atoms with Gasteiger partial charge in [0.1, 0.15) is 0 Å². The Hall–Kier alpha value is 0.651. The summed E-state index contributed by atoms with van der Waals surface area (Å²) in [6.07, 6.45) is 1.95. The van der Waals surface area contributed by atoms with Gasteiger partial charge in [-0.2, -0.15) is 0 Å². The second-order valence-corrected chi connectivity index (χ2v) is 17.1. The van der Waals surface area contributed by atoms with Crippen LogP contribution in [0.4, 0.5) is 0 Å². The molecule has 0 rings (SSSR count). The maximum atomic E-state index is 6.86. The van der Waals surface area contributed by atoms with E-state index in [9.17, 15) is 0 Å². The van der Waals surface area contributed by atoms with Crippen LogP contribution in [-0.4, -0.2) is 44.2 Å². The molecular weight excluding hydrogens is 476 g/mol. The molecular formula is C24H54O7SiTi. The Morgan fingerprint density at radius 1 is 0.545 bits per heavy atom. The van der Waals surface area contributed by atoms with E-state index in [0.29, 0.717) is 0 Å². The van der Waals surface area contributed by atoms with Crippen LogP contribution in [0.15, 0.2) is 0 Å². The van der Waals surface area contributed by atoms with Crippen molar-refractivity contribution in [1.82, 2.24) is 0 Å². The SMILES string of the molecule is CCC(C)O[Si](OC(C)CC)(OC(C)CC)[O][Ti]([O]C(C)(C)C)([O]C(C)(C)C)[O]C(C)(C)C. The Balaban J connectivity index is 6.85. The number of hydrogen-bond donors (Lipinski definition) is 0. The predicted molar refractivity (Wildman–Crippen MR) is 132 cm³/mol. The Kier molecular flexibility index (Phi) is 13.5. The Bertz CT molecular complexity index is 482. The second kappa shape index (κ2) is 13.3. The summed E-state index contributed by atoms with van der Waals surface area (Å²) >= 11 is -4.58. The summed E-state index contributed by atoms with van der Waals surface area (Å²) in [4.78, 5) is 0. The summed E-state index contributed by atoms with van der Waals surface area (Å²) in [5.74, 6) is 0. The standard InChI is InChI=1S/C12H27O4Si.3C4H9O.Ti/c1-7-10(4)14-17(13,15-11(5)8-2)16-12(6)9-3;3*1-4(2,3)5;/h10-12H,7-9H2,1-6H3;3*1-3H3;/q4*-1;+4. The Labute approximate surface area is 211 Å². The van der Waals surface area contributed by atoms with Gasteiger partial charge in [-0.05, 0) is 0 Å². The first-order chi connectivity index (χ1) is 14.7. The zero-order valence-corrected chi connectivity index (χ0v) is 26.8. The minimum atomic E-state index is -4.58. The second-order valence-electron chi connectivity index (χ2n) is 11.8. The molecule has 9 heteroatoms. The molecule has 0 aliphatic carbocycles. The van der Waals surface area contributed by atoms with E-state index in [-0.39, 0.29) is 18.3 Å². The van der Waals surface area contributed by atoms with Crippen molar-refractivity contribution in [2.75, 3.05) is 0 Å². The van der Waals surface area contributed by atoms with Gasteiger partial charge in [0.25, 0.3) is 0 Å². The molecule has 0 aliphatic heterocycles. The van der Waals surface area contributed by atoms with Crippen LogP contribution >= 0.6 is 0 Å². The van der Waals surface area contributed by atoms with E-state index in [1.54, 1.807) is 0 Å². The average Bonchev–Trinajstić information content (AvgIpc) is 2.55. The van der Waals surface area contributed by atoms with Gasteiger partial charge in [0.05, 0.1) is 0 Å². The first-order valence-corrected chi connectivity index (χ1v) is 16.7. The Morgan fingerprint density at radius 2 is 0.788 bits per heavy atom. The van der Waals surface area contributed by atoms with Crippen molar-refractivity contribution in [3.05, 3.63) is 0 Å². The van der Waals surface area contributed by atoms with Crippen molar-refractivity contribution in [1.29, 1.82) is 0 Å². The van der Waals surface area contributed by atoms with Gasteiger partial charge in [-0.25, -0.2) is 0 Å². The molecule has 0 aromatic heterocycles. The van der Waals surface area contributed by atoms with Crippen LogP contribution in [0, 0.1) is 0 Å². The molecule has 3 atom stereocenters. The fourth-order valence-electron chi connectivity index (χ4n) is 2.55. The van der Waals surface area contributed by atoms with Gasteiger partial charge in [-0.15, -0.1) is 0 Å². The van der Waals surface area contributed by atoms with E-state index in [1.807, 2.05) is 83.1 Å². The first kappa shape index (κ1) is 33.7. The van der Waals surface area contributed by atoms with Crippen molar-refractivity contribution in [2.24, 2.45) is 0 Å². The summed E-state index contributed by atoms with van der Waals surface area (Å²) in [6, 6.07) is 0. The van der Waals surface area contributed by atoms with Crippen LogP contribution in [0.2, 0.25) is 0 Å². The van der Waals surface area contributed by atoms with Crippen LogP contribution in [-0.2, 0) is 44.4 Å². The monoisotopic (exact) mass is 530 g/mol. The predicted octanol–water partition coefficient (Wildman–Crippen LogP) is 7.14. The zero-order chi connectivity index (χ0) is 26.3. The van der Waals surface area contributed by atoms with Gasteiger partial charge in [0.2, 0.25) is 0 Å². The average molecular weight is 531 g/mol. The topological polar surface area (TPSA) is 64.6 Å². The van der Waals surface area contributed by atoms with Crippen LogP contribution in [0.25, 0.3) is 0 Å². The fraction of sp³-hybridized carbons (Fsp3) is 1.00. The summed E-state index contributed by atoms with van der Waals surface area (Å²) < 4.78 is 46.2. The molecule has 0 aliphatic rings. The number of rotatable bonds is 14. The molecule has 0 spiro atoms. The van der Waals surface area contributed by atoms with Gasteiger partial charge < -0.3 is 0 Å². The summed E-state index contributed by atoms with van der Waals surface area (Å²) in [7, 11) is -3.77. The third-order valence-corrected chi connectivity index (χ3v) is 13.3. The molecule has 0 saturated heterocycles. The van der Waals surface area contributed by atoms with Gasteiger partial charge in [0, 0.05) is 0 Å². The van der Waals surface area contributed by atoms with E-state index < -0.39 is 44.0 Å². The molecule has 33 heavy (non-hydrogen) atoms. The molecule has 0 radical (unpaired) electrons. The third kappa shape index (κ3) is 14.7. The van der Waals surface area contributed by atoms with Crippen molar-refractivity contribution < 1.29 is 44.4 Å². The van der Waals surface area contributed by atoms with Gasteiger partial charge in [-0.3, -0.25) is 0 Å². The molecule has 0 N–H and O–H groups in total. The van der Waals surface area contributed by atoms with E-state index in [2.05, 4.69) is 20.8 Å². The molecule has 0 aromatic rings. The van der Waals surface area contributed by atoms with Gasteiger partial charge in [0.15, 0.2) is 0 Å². The van der Waals surface area contributed by atoms with Crippen LogP contribution in [0.3, 0.4) is 0 Å². The van der Waals surface area contributed by atoms with Crippen molar-refractivity contribution >= 4 is 9.05 Å². The first-order valence-electron chi connectivity index (χ1n) is 12.5. The molecule has 7 nitrogen and oxygen atoms in total. The fourth-order valence-corrected chi connectivity index (χ4v) is 11.7. The molecule has 3 unspecified atom stereocenters. The summed E-state index contributed by atoms with van der Waals surface area (Å²) in [5.41, 5.74) is -1.75. The molecule has 0 heterocycles. The van der Waals surface area contributed by atoms with Gasteiger partial charge in [-0.1, -0.05) is 0 Å². The summed E-state index contributed by atoms with van der Waals surface area (Å²) in [5, 5.41) is 0. The Morgan fingerprint density at radius 3 is 0.970 bits per heavy atom. The van der Waals surface area contributed by atoms with Crippen LogP contribution < -0.4 is 0 Å². The van der Waals surface area contributed by atoms with E-state index >= 15 is 0 Å². The van der Waals surface area contributed by atoms with Crippen molar-refractivity contribution in [3.63, 3.8) is 0 Å². The normalized spacial score (nSPS) is 18.6. The minimum absolute atomic E-state index is 0.135. The van der Waals surface area contributed by atoms with Gasteiger partial charge >= 0.3 is 212 Å². The van der Waals surface area contributed by atoms with E-state index in [4.69, 9.17) is 26.2 Å². The quantitative estimate of drug-likeness (QED) is 0.221. The zero-order valence-electron chi connectivity index (χ0n) is 24.2. The van der Waals surface area contributed by atoms with Crippen molar-refractivity contribution in [3.8, 4) is 0 Å². The number of hydrogen-bond acceptors (Lipinski definition) is 7. The maximum absolute atomic E-state index is 6.86. The molecule has 200 valence electrons. The van der Waals surface area contributed by atoms with E-state index in [1.165, 1.54) is 0 Å². The third-order valence-electron chi connectivity index (χ3n) is 4.30. The molecule has 0 aromatic carbocycles. The summed E-state index contributed by atoms with van der Waals surface area (Å²) in [6.45, 7) is 29.9. The van der Waals surface area contributed by atoms with Crippen LogP contribution in [0.5, 0.6) is 0 Å². The van der Waals surface area contributed by atoms with E-state index in [0.717, 1.165) is 19.3 Å². The van der Waals surface area contributed by atoms with Crippen LogP contribution in [0.1, 0.15) is 123 Å². The molecule has 0 amide bonds. The van der Waals surface area contributed by atoms with Crippen molar-refractivity contribution in [2.45, 2.75) is 158 Å². The molecule has 0 saturated carbocycles. The molecule has 0 bridgehead atoms. The molecule has 0 fully saturated rings.